The number of anilines is 1. The Labute approximate surface area is 207 Å². The number of aliphatic imine (C=N–C) groups is 1. The Hall–Kier alpha value is -1.59. The molecule has 0 unspecified atom stereocenters. The first kappa shape index (κ1) is 25.7. The van der Waals surface area contributed by atoms with E-state index in [2.05, 4.69) is 66.8 Å². The van der Waals surface area contributed by atoms with Crippen LogP contribution in [0, 0.1) is 6.92 Å². The molecule has 1 aliphatic rings. The van der Waals surface area contributed by atoms with Crippen molar-refractivity contribution in [2.75, 3.05) is 57.5 Å². The Morgan fingerprint density at radius 1 is 1.13 bits per heavy atom. The number of rotatable bonds is 8. The van der Waals surface area contributed by atoms with E-state index in [0.29, 0.717) is 0 Å². The molecule has 1 aromatic carbocycles. The van der Waals surface area contributed by atoms with Crippen LogP contribution < -0.4 is 15.5 Å². The summed E-state index contributed by atoms with van der Waals surface area (Å²) >= 11 is 1.79. The molecule has 1 aliphatic heterocycles. The first-order valence-electron chi connectivity index (χ1n) is 10.5. The molecule has 2 N–H and O–H groups in total. The number of benzene rings is 1. The number of hydrogen-bond donors (Lipinski definition) is 2. The van der Waals surface area contributed by atoms with E-state index in [4.69, 9.17) is 0 Å². The van der Waals surface area contributed by atoms with Crippen molar-refractivity contribution in [3.05, 3.63) is 47.8 Å². The second kappa shape index (κ2) is 13.7. The Morgan fingerprint density at radius 3 is 2.55 bits per heavy atom. The normalized spacial score (nSPS) is 14.8. The van der Waals surface area contributed by atoms with Crippen molar-refractivity contribution in [3.8, 4) is 0 Å². The lowest BCUT2D eigenvalue weighted by Gasteiger charge is -2.34. The largest absolute Gasteiger partial charge is 0.356 e. The number of nitrogens with one attached hydrogen (secondary N) is 2. The lowest BCUT2D eigenvalue weighted by Crippen LogP contribution is -2.47. The van der Waals surface area contributed by atoms with E-state index in [1.807, 2.05) is 25.5 Å². The number of thioether (sulfide) groups is 1. The van der Waals surface area contributed by atoms with Gasteiger partial charge in [0.05, 0.1) is 0 Å². The van der Waals surface area contributed by atoms with Gasteiger partial charge in [-0.25, -0.2) is 9.97 Å². The predicted octanol–water partition coefficient (Wildman–Crippen LogP) is 3.00. The third-order valence-electron chi connectivity index (χ3n) is 5.26. The highest BCUT2D eigenvalue weighted by Crippen LogP contribution is 2.21. The third kappa shape index (κ3) is 8.12. The quantitative estimate of drug-likeness (QED) is 0.171. The van der Waals surface area contributed by atoms with Gasteiger partial charge in [-0.2, -0.15) is 0 Å². The van der Waals surface area contributed by atoms with Crippen LogP contribution in [0.15, 0.2) is 46.5 Å². The van der Waals surface area contributed by atoms with Crippen molar-refractivity contribution in [2.24, 2.45) is 4.99 Å². The summed E-state index contributed by atoms with van der Waals surface area (Å²) in [4.78, 5) is 19.1. The first-order chi connectivity index (χ1) is 14.7. The van der Waals surface area contributed by atoms with Crippen LogP contribution in [0.5, 0.6) is 0 Å². The smallest absolute Gasteiger partial charge is 0.225 e. The van der Waals surface area contributed by atoms with Gasteiger partial charge < -0.3 is 15.5 Å². The SMILES string of the molecule is CN=C(NCCCN1CCN(c2ncccn2)CC1)NCc1ccc(C)cc1SC.I. The van der Waals surface area contributed by atoms with E-state index in [1.165, 1.54) is 16.0 Å². The van der Waals surface area contributed by atoms with Crippen LogP contribution in [0.4, 0.5) is 5.95 Å². The molecule has 3 rings (SSSR count). The third-order valence-corrected chi connectivity index (χ3v) is 6.08. The fraction of sp³-hybridized carbons (Fsp3) is 0.500. The summed E-state index contributed by atoms with van der Waals surface area (Å²) in [6.45, 7) is 8.97. The molecule has 31 heavy (non-hydrogen) atoms. The fourth-order valence-electron chi connectivity index (χ4n) is 3.53. The van der Waals surface area contributed by atoms with Crippen molar-refractivity contribution in [2.45, 2.75) is 24.8 Å². The van der Waals surface area contributed by atoms with Gasteiger partial charge in [-0.3, -0.25) is 9.89 Å². The molecule has 0 atom stereocenters. The highest BCUT2D eigenvalue weighted by Gasteiger charge is 2.18. The van der Waals surface area contributed by atoms with Crippen molar-refractivity contribution in [3.63, 3.8) is 0 Å². The van der Waals surface area contributed by atoms with Crippen LogP contribution in [0.3, 0.4) is 0 Å². The van der Waals surface area contributed by atoms with Gasteiger partial charge in [0.15, 0.2) is 5.96 Å². The summed E-state index contributed by atoms with van der Waals surface area (Å²) in [5.41, 5.74) is 2.60. The lowest BCUT2D eigenvalue weighted by molar-refractivity contribution is 0.254. The maximum Gasteiger partial charge on any atom is 0.225 e. The van der Waals surface area contributed by atoms with Crippen molar-refractivity contribution >= 4 is 47.6 Å². The van der Waals surface area contributed by atoms with Gasteiger partial charge in [0, 0.05) is 63.6 Å². The molecule has 0 amide bonds. The minimum Gasteiger partial charge on any atom is -0.356 e. The monoisotopic (exact) mass is 555 g/mol. The van der Waals surface area contributed by atoms with E-state index >= 15 is 0 Å². The summed E-state index contributed by atoms with van der Waals surface area (Å²) < 4.78 is 0. The van der Waals surface area contributed by atoms with Crippen LogP contribution >= 0.6 is 35.7 Å². The molecular formula is C22H34IN7S. The number of aromatic nitrogens is 2. The molecule has 2 heterocycles. The zero-order valence-electron chi connectivity index (χ0n) is 18.7. The van der Waals surface area contributed by atoms with Gasteiger partial charge in [0.2, 0.25) is 5.95 Å². The molecule has 0 saturated carbocycles. The molecule has 0 spiro atoms. The van der Waals surface area contributed by atoms with E-state index in [-0.39, 0.29) is 24.0 Å². The number of aryl methyl sites for hydroxylation is 1. The number of nitrogens with zero attached hydrogens (tertiary/aromatic N) is 5. The van der Waals surface area contributed by atoms with E-state index in [0.717, 1.165) is 64.1 Å². The number of hydrogen-bond acceptors (Lipinski definition) is 6. The van der Waals surface area contributed by atoms with Crippen LogP contribution in [0.1, 0.15) is 17.5 Å². The zero-order chi connectivity index (χ0) is 21.2. The van der Waals surface area contributed by atoms with Crippen LogP contribution in [0.2, 0.25) is 0 Å². The van der Waals surface area contributed by atoms with Gasteiger partial charge in [0.1, 0.15) is 0 Å². The molecule has 1 fully saturated rings. The average molecular weight is 556 g/mol. The van der Waals surface area contributed by atoms with Crippen molar-refractivity contribution in [1.82, 2.24) is 25.5 Å². The Balaban J connectivity index is 0.00000341. The second-order valence-electron chi connectivity index (χ2n) is 7.40. The lowest BCUT2D eigenvalue weighted by atomic mass is 10.1. The highest BCUT2D eigenvalue weighted by atomic mass is 127. The predicted molar refractivity (Wildman–Crippen MR) is 142 cm³/mol. The van der Waals surface area contributed by atoms with Gasteiger partial charge in [-0.15, -0.1) is 35.7 Å². The molecular weight excluding hydrogens is 521 g/mol. The Morgan fingerprint density at radius 2 is 1.87 bits per heavy atom. The van der Waals surface area contributed by atoms with Crippen LogP contribution in [-0.4, -0.2) is 73.4 Å². The summed E-state index contributed by atoms with van der Waals surface area (Å²) in [5.74, 6) is 1.69. The topological polar surface area (TPSA) is 68.7 Å². The average Bonchev–Trinajstić information content (AvgIpc) is 2.80. The molecule has 0 radical (unpaired) electrons. The maximum absolute atomic E-state index is 4.36. The number of halogens is 1. The number of guanidine groups is 1. The van der Waals surface area contributed by atoms with Crippen LogP contribution in [-0.2, 0) is 6.54 Å². The van der Waals surface area contributed by atoms with Gasteiger partial charge >= 0.3 is 0 Å². The molecule has 1 saturated heterocycles. The van der Waals surface area contributed by atoms with Gasteiger partial charge in [0.25, 0.3) is 0 Å². The molecule has 9 heteroatoms. The zero-order valence-corrected chi connectivity index (χ0v) is 21.8. The summed E-state index contributed by atoms with van der Waals surface area (Å²) in [6.07, 6.45) is 6.82. The van der Waals surface area contributed by atoms with Crippen molar-refractivity contribution in [1.29, 1.82) is 0 Å². The molecule has 170 valence electrons. The summed E-state index contributed by atoms with van der Waals surface area (Å²) in [6, 6.07) is 8.46. The molecule has 7 nitrogen and oxygen atoms in total. The van der Waals surface area contributed by atoms with E-state index in [9.17, 15) is 0 Å². The minimum absolute atomic E-state index is 0. The van der Waals surface area contributed by atoms with Gasteiger partial charge in [-0.05, 0) is 49.4 Å². The van der Waals surface area contributed by atoms with Crippen molar-refractivity contribution < 1.29 is 0 Å². The molecule has 0 bridgehead atoms. The first-order valence-corrected chi connectivity index (χ1v) is 11.7. The van der Waals surface area contributed by atoms with Crippen LogP contribution in [0.25, 0.3) is 0 Å². The van der Waals surface area contributed by atoms with E-state index in [1.54, 1.807) is 11.8 Å². The minimum atomic E-state index is 0. The number of piperazine rings is 1. The second-order valence-corrected chi connectivity index (χ2v) is 8.25. The molecule has 2 aromatic rings. The van der Waals surface area contributed by atoms with Gasteiger partial charge in [-0.1, -0.05) is 12.1 Å². The molecule has 0 aliphatic carbocycles. The maximum atomic E-state index is 4.36. The van der Waals surface area contributed by atoms with E-state index < -0.39 is 0 Å². The molecule has 1 aromatic heterocycles. The summed E-state index contributed by atoms with van der Waals surface area (Å²) in [5, 5.41) is 6.87. The Bertz CT molecular complexity index is 811. The summed E-state index contributed by atoms with van der Waals surface area (Å²) in [7, 11) is 1.82. The Kier molecular flexibility index (Phi) is 11.4. The fourth-order valence-corrected chi connectivity index (χ4v) is 4.24. The standard InChI is InChI=1S/C22H33N7S.HI/c1-18-6-7-19(20(16-18)30-3)17-27-21(23-2)24-10-5-11-28-12-14-29(15-13-28)22-25-8-4-9-26-22;/h4,6-9,16H,5,10-15,17H2,1-3H3,(H2,23,24,27);1H. The highest BCUT2D eigenvalue weighted by molar-refractivity contribution is 14.0.